The van der Waals surface area contributed by atoms with Crippen molar-refractivity contribution in [1.29, 1.82) is 0 Å². The van der Waals surface area contributed by atoms with Gasteiger partial charge in [-0.2, -0.15) is 0 Å². The minimum atomic E-state index is -0.527. The number of primary amides is 1. The fourth-order valence-electron chi connectivity index (χ4n) is 2.60. The van der Waals surface area contributed by atoms with Gasteiger partial charge < -0.3 is 20.8 Å². The molecule has 0 unspecified atom stereocenters. The topological polar surface area (TPSA) is 110 Å². The van der Waals surface area contributed by atoms with E-state index in [0.29, 0.717) is 42.6 Å². The number of benzene rings is 1. The lowest BCUT2D eigenvalue weighted by Gasteiger charge is -2.04. The Balaban J connectivity index is 1.36. The van der Waals surface area contributed by atoms with Crippen LogP contribution < -0.4 is 11.1 Å². The van der Waals surface area contributed by atoms with E-state index in [1.54, 1.807) is 12.3 Å². The Bertz CT molecular complexity index is 920. The quantitative estimate of drug-likeness (QED) is 0.455. The maximum absolute atomic E-state index is 12.0. The van der Waals surface area contributed by atoms with Crippen LogP contribution in [-0.4, -0.2) is 35.0 Å². The Kier molecular flexibility index (Phi) is 6.94. The SMILES string of the molecule is NC(=O)c1cc(-c2csc(NC(=O)CCCOCCc3ccccc3)n2)c[nH]1. The van der Waals surface area contributed by atoms with E-state index in [-0.39, 0.29) is 5.91 Å². The molecule has 1 aromatic carbocycles. The fourth-order valence-corrected chi connectivity index (χ4v) is 3.34. The van der Waals surface area contributed by atoms with Crippen LogP contribution in [0.1, 0.15) is 28.9 Å². The van der Waals surface area contributed by atoms with E-state index >= 15 is 0 Å². The summed E-state index contributed by atoms with van der Waals surface area (Å²) in [6, 6.07) is 11.8. The van der Waals surface area contributed by atoms with E-state index in [0.717, 1.165) is 12.0 Å². The van der Waals surface area contributed by atoms with Gasteiger partial charge in [-0.25, -0.2) is 4.98 Å². The maximum Gasteiger partial charge on any atom is 0.265 e. The molecule has 2 heterocycles. The average Bonchev–Trinajstić information content (AvgIpc) is 3.35. The molecule has 0 atom stereocenters. The molecule has 0 aliphatic rings. The van der Waals surface area contributed by atoms with E-state index in [2.05, 4.69) is 27.4 Å². The van der Waals surface area contributed by atoms with Gasteiger partial charge in [0.05, 0.1) is 12.3 Å². The third kappa shape index (κ3) is 5.77. The second-order valence-corrected chi connectivity index (χ2v) is 7.06. The number of rotatable bonds is 10. The van der Waals surface area contributed by atoms with Gasteiger partial charge in [0, 0.05) is 30.2 Å². The van der Waals surface area contributed by atoms with Crippen molar-refractivity contribution < 1.29 is 14.3 Å². The van der Waals surface area contributed by atoms with E-state index in [4.69, 9.17) is 10.5 Å². The molecular formula is C20H22N4O3S. The summed E-state index contributed by atoms with van der Waals surface area (Å²) in [5.41, 5.74) is 8.21. The van der Waals surface area contributed by atoms with Crippen molar-refractivity contribution in [3.8, 4) is 11.3 Å². The number of carbonyl (C=O) groups excluding carboxylic acids is 2. The number of nitrogens with two attached hydrogens (primary N) is 1. The Labute approximate surface area is 166 Å². The average molecular weight is 398 g/mol. The predicted octanol–water partition coefficient (Wildman–Crippen LogP) is 3.22. The molecule has 146 valence electrons. The van der Waals surface area contributed by atoms with Crippen LogP contribution in [-0.2, 0) is 16.0 Å². The molecule has 0 saturated carbocycles. The highest BCUT2D eigenvalue weighted by Gasteiger charge is 2.11. The van der Waals surface area contributed by atoms with Crippen LogP contribution in [0.5, 0.6) is 0 Å². The maximum atomic E-state index is 12.0. The molecule has 0 aliphatic heterocycles. The molecule has 2 amide bonds. The summed E-state index contributed by atoms with van der Waals surface area (Å²) in [4.78, 5) is 30.3. The van der Waals surface area contributed by atoms with Crippen LogP contribution in [0.15, 0.2) is 48.0 Å². The van der Waals surface area contributed by atoms with Crippen molar-refractivity contribution in [2.75, 3.05) is 18.5 Å². The minimum Gasteiger partial charge on any atom is -0.381 e. The lowest BCUT2D eigenvalue weighted by atomic mass is 10.2. The van der Waals surface area contributed by atoms with Crippen molar-refractivity contribution in [3.05, 3.63) is 59.2 Å². The second kappa shape index (κ2) is 9.82. The first-order valence-corrected chi connectivity index (χ1v) is 9.85. The van der Waals surface area contributed by atoms with Gasteiger partial charge in [0.15, 0.2) is 5.13 Å². The van der Waals surface area contributed by atoms with E-state index < -0.39 is 5.91 Å². The largest absolute Gasteiger partial charge is 0.381 e. The number of amides is 2. The molecule has 2 aromatic heterocycles. The number of ether oxygens (including phenoxy) is 1. The standard InChI is InChI=1S/C20H22N4O3S/c21-19(26)16-11-15(12-22-16)17-13-28-20(23-17)24-18(25)7-4-9-27-10-8-14-5-2-1-3-6-14/h1-3,5-6,11-13,22H,4,7-10H2,(H2,21,26)(H,23,24,25). The first kappa shape index (κ1) is 19.8. The van der Waals surface area contributed by atoms with Crippen molar-refractivity contribution >= 4 is 28.3 Å². The van der Waals surface area contributed by atoms with Gasteiger partial charge in [0.1, 0.15) is 5.69 Å². The van der Waals surface area contributed by atoms with Crippen molar-refractivity contribution in [2.45, 2.75) is 19.3 Å². The molecule has 0 radical (unpaired) electrons. The minimum absolute atomic E-state index is 0.0977. The van der Waals surface area contributed by atoms with Crippen LogP contribution in [0.4, 0.5) is 5.13 Å². The summed E-state index contributed by atoms with van der Waals surface area (Å²) >= 11 is 1.33. The monoisotopic (exact) mass is 398 g/mol. The lowest BCUT2D eigenvalue weighted by molar-refractivity contribution is -0.116. The molecule has 8 heteroatoms. The molecular weight excluding hydrogens is 376 g/mol. The van der Waals surface area contributed by atoms with Crippen LogP contribution in [0, 0.1) is 0 Å². The zero-order chi connectivity index (χ0) is 19.8. The molecule has 28 heavy (non-hydrogen) atoms. The van der Waals surface area contributed by atoms with Crippen LogP contribution in [0.25, 0.3) is 11.3 Å². The smallest absolute Gasteiger partial charge is 0.265 e. The van der Waals surface area contributed by atoms with Gasteiger partial charge in [0.2, 0.25) is 5.91 Å². The van der Waals surface area contributed by atoms with Gasteiger partial charge in [-0.1, -0.05) is 30.3 Å². The molecule has 3 rings (SSSR count). The third-order valence-corrected chi connectivity index (χ3v) is 4.82. The fraction of sp³-hybridized carbons (Fsp3) is 0.250. The van der Waals surface area contributed by atoms with Gasteiger partial charge in [-0.3, -0.25) is 9.59 Å². The molecule has 0 saturated heterocycles. The molecule has 0 aliphatic carbocycles. The normalized spacial score (nSPS) is 10.7. The Hall–Kier alpha value is -2.97. The lowest BCUT2D eigenvalue weighted by Crippen LogP contribution is -2.12. The molecule has 0 bridgehead atoms. The predicted molar refractivity (Wildman–Crippen MR) is 109 cm³/mol. The summed E-state index contributed by atoms with van der Waals surface area (Å²) in [5.74, 6) is -0.625. The Morgan fingerprint density at radius 2 is 2.04 bits per heavy atom. The number of hydrogen-bond acceptors (Lipinski definition) is 5. The van der Waals surface area contributed by atoms with Crippen LogP contribution >= 0.6 is 11.3 Å². The summed E-state index contributed by atoms with van der Waals surface area (Å²) < 4.78 is 5.59. The first-order valence-electron chi connectivity index (χ1n) is 8.97. The molecule has 0 fully saturated rings. The summed E-state index contributed by atoms with van der Waals surface area (Å²) in [6.07, 6.45) is 3.55. The number of aromatic nitrogens is 2. The van der Waals surface area contributed by atoms with Crippen LogP contribution in [0.3, 0.4) is 0 Å². The van der Waals surface area contributed by atoms with E-state index in [9.17, 15) is 9.59 Å². The number of thiazole rings is 1. The summed E-state index contributed by atoms with van der Waals surface area (Å²) in [7, 11) is 0. The van der Waals surface area contributed by atoms with Gasteiger partial charge in [0.25, 0.3) is 5.91 Å². The number of anilines is 1. The molecule has 3 aromatic rings. The van der Waals surface area contributed by atoms with E-state index in [1.165, 1.54) is 16.9 Å². The Morgan fingerprint density at radius 3 is 2.79 bits per heavy atom. The highest BCUT2D eigenvalue weighted by atomic mass is 32.1. The molecule has 0 spiro atoms. The zero-order valence-corrected chi connectivity index (χ0v) is 16.1. The highest BCUT2D eigenvalue weighted by Crippen LogP contribution is 2.25. The third-order valence-electron chi connectivity index (χ3n) is 4.07. The van der Waals surface area contributed by atoms with Gasteiger partial charge in [-0.05, 0) is 24.5 Å². The molecule has 4 N–H and O–H groups in total. The first-order chi connectivity index (χ1) is 13.6. The van der Waals surface area contributed by atoms with Crippen molar-refractivity contribution in [1.82, 2.24) is 9.97 Å². The second-order valence-electron chi connectivity index (χ2n) is 6.20. The Morgan fingerprint density at radius 1 is 1.21 bits per heavy atom. The molecule has 7 nitrogen and oxygen atoms in total. The number of carbonyl (C=O) groups is 2. The summed E-state index contributed by atoms with van der Waals surface area (Å²) in [5, 5.41) is 5.13. The number of nitrogens with zero attached hydrogens (tertiary/aromatic N) is 1. The number of aromatic amines is 1. The van der Waals surface area contributed by atoms with E-state index in [1.807, 2.05) is 23.6 Å². The zero-order valence-electron chi connectivity index (χ0n) is 15.3. The van der Waals surface area contributed by atoms with Gasteiger partial charge in [-0.15, -0.1) is 11.3 Å². The van der Waals surface area contributed by atoms with Crippen molar-refractivity contribution in [3.63, 3.8) is 0 Å². The van der Waals surface area contributed by atoms with Crippen LogP contribution in [0.2, 0.25) is 0 Å². The number of H-pyrrole nitrogens is 1. The summed E-state index contributed by atoms with van der Waals surface area (Å²) in [6.45, 7) is 1.19. The van der Waals surface area contributed by atoms with Crippen molar-refractivity contribution in [2.24, 2.45) is 5.73 Å². The highest BCUT2D eigenvalue weighted by molar-refractivity contribution is 7.14. The number of hydrogen-bond donors (Lipinski definition) is 3. The number of nitrogens with one attached hydrogen (secondary N) is 2. The van der Waals surface area contributed by atoms with Gasteiger partial charge >= 0.3 is 0 Å².